The van der Waals surface area contributed by atoms with Gasteiger partial charge in [0.2, 0.25) is 0 Å². The molecule has 0 spiro atoms. The van der Waals surface area contributed by atoms with E-state index in [1.807, 2.05) is 0 Å². The summed E-state index contributed by atoms with van der Waals surface area (Å²) in [6, 6.07) is 0. The Balaban J connectivity index is -0.0000000800. The van der Waals surface area contributed by atoms with E-state index < -0.39 is 10.4 Å². The quantitative estimate of drug-likeness (QED) is 0.409. The van der Waals surface area contributed by atoms with E-state index in [0.717, 1.165) is 0 Å². The predicted molar refractivity (Wildman–Crippen MR) is 14.2 cm³/mol. The van der Waals surface area contributed by atoms with E-state index in [0.29, 0.717) is 0 Å². The molecule has 2 radical (unpaired) electrons. The van der Waals surface area contributed by atoms with E-state index in [2.05, 4.69) is 0 Å². The summed E-state index contributed by atoms with van der Waals surface area (Å²) < 4.78 is 31.6. The van der Waals surface area contributed by atoms with Crippen molar-refractivity contribution in [3.63, 3.8) is 0 Å². The Bertz CT molecular complexity index is 92.9. The number of hydrogen-bond donors (Lipinski definition) is 2. The van der Waals surface area contributed by atoms with Crippen molar-refractivity contribution in [2.45, 2.75) is 0 Å². The largest absolute Gasteiger partial charge is 0.394 e. The van der Waals surface area contributed by atoms with Crippen molar-refractivity contribution in [2.75, 3.05) is 0 Å². The van der Waals surface area contributed by atoms with E-state index in [1.165, 1.54) is 0 Å². The minimum absolute atomic E-state index is 0. The summed E-state index contributed by atoms with van der Waals surface area (Å²) in [4.78, 5) is 0. The van der Waals surface area contributed by atoms with E-state index in [4.69, 9.17) is 17.5 Å². The maximum atomic E-state index is 8.74. The van der Waals surface area contributed by atoms with Gasteiger partial charge in [-0.2, -0.15) is 8.42 Å². The van der Waals surface area contributed by atoms with Crippen LogP contribution in [0.1, 0.15) is 0 Å². The molecule has 0 amide bonds. The smallest absolute Gasteiger partial charge is 0.264 e. The van der Waals surface area contributed by atoms with Gasteiger partial charge in [0.05, 0.1) is 0 Å². The van der Waals surface area contributed by atoms with Gasteiger partial charge in [0.25, 0.3) is 0 Å². The molecule has 0 rings (SSSR count). The first kappa shape index (κ1) is 15.7. The van der Waals surface area contributed by atoms with Crippen molar-refractivity contribution in [1.29, 1.82) is 0 Å². The Hall–Kier alpha value is 0.909. The van der Waals surface area contributed by atoms with Gasteiger partial charge in [0, 0.05) is 34.1 Å². The molecule has 0 aromatic heterocycles. The van der Waals surface area contributed by atoms with Gasteiger partial charge in [0.15, 0.2) is 0 Å². The summed E-state index contributed by atoms with van der Waals surface area (Å²) in [7, 11) is -4.67. The van der Waals surface area contributed by atoms with Gasteiger partial charge in [-0.25, -0.2) is 0 Å². The molecule has 7 heavy (non-hydrogen) atoms. The van der Waals surface area contributed by atoms with Gasteiger partial charge in [-0.05, 0) is 0 Å². The first-order valence-corrected chi connectivity index (χ1v) is 2.10. The fourth-order valence-electron chi connectivity index (χ4n) is 0. The van der Waals surface area contributed by atoms with Crippen molar-refractivity contribution in [3.05, 3.63) is 0 Å². The second kappa shape index (κ2) is 5.05. The molecule has 0 aliphatic carbocycles. The molecule has 0 bridgehead atoms. The SMILES string of the molecule is O=S(=O)(O)O.[Mn].[Mn]. The standard InChI is InChI=1S/2Mn.H2O4S/c;;1-5(2,3)4/h;;(H2,1,2,3,4). The van der Waals surface area contributed by atoms with Crippen LogP contribution in [0.25, 0.3) is 0 Å². The molecule has 7 heteroatoms. The third-order valence-corrected chi connectivity index (χ3v) is 0. The first-order chi connectivity index (χ1) is 2.00. The van der Waals surface area contributed by atoms with Crippen LogP contribution in [-0.2, 0) is 44.5 Å². The molecule has 0 aromatic carbocycles. The van der Waals surface area contributed by atoms with Crippen molar-refractivity contribution >= 4 is 10.4 Å². The molecule has 0 aliphatic rings. The number of rotatable bonds is 0. The molecule has 2 N–H and O–H groups in total. The Kier molecular flexibility index (Phi) is 11.3. The first-order valence-electron chi connectivity index (χ1n) is 0.698. The Labute approximate surface area is 62.2 Å². The zero-order valence-corrected chi connectivity index (χ0v) is 6.05. The fraction of sp³-hybridized carbons (Fsp3) is 0. The summed E-state index contributed by atoms with van der Waals surface area (Å²) >= 11 is 0. The van der Waals surface area contributed by atoms with Crippen molar-refractivity contribution in [1.82, 2.24) is 0 Å². The van der Waals surface area contributed by atoms with Gasteiger partial charge >= 0.3 is 10.4 Å². The molecular formula is H2Mn2O4S. The van der Waals surface area contributed by atoms with Crippen LogP contribution in [0.4, 0.5) is 0 Å². The van der Waals surface area contributed by atoms with Gasteiger partial charge in [-0.3, -0.25) is 9.11 Å². The monoisotopic (exact) mass is 208 g/mol. The van der Waals surface area contributed by atoms with Crippen LogP contribution in [0.3, 0.4) is 0 Å². The Morgan fingerprint density at radius 1 is 1.00 bits per heavy atom. The van der Waals surface area contributed by atoms with Crippen molar-refractivity contribution in [2.24, 2.45) is 0 Å². The third-order valence-electron chi connectivity index (χ3n) is 0. The average Bonchev–Trinajstić information content (AvgIpc) is 0.722. The summed E-state index contributed by atoms with van der Waals surface area (Å²) in [6.45, 7) is 0. The minimum Gasteiger partial charge on any atom is -0.264 e. The topological polar surface area (TPSA) is 74.6 Å². The molecule has 46 valence electrons. The van der Waals surface area contributed by atoms with E-state index in [-0.39, 0.29) is 34.1 Å². The summed E-state index contributed by atoms with van der Waals surface area (Å²) in [5.41, 5.74) is 0. The molecule has 0 fully saturated rings. The third kappa shape index (κ3) is 202. The average molecular weight is 208 g/mol. The van der Waals surface area contributed by atoms with Gasteiger partial charge < -0.3 is 0 Å². The molecule has 0 saturated carbocycles. The Morgan fingerprint density at radius 2 is 1.00 bits per heavy atom. The molecular weight excluding hydrogens is 206 g/mol. The molecule has 0 aromatic rings. The van der Waals surface area contributed by atoms with Crippen LogP contribution in [-0.4, -0.2) is 17.5 Å². The molecule has 0 saturated heterocycles. The summed E-state index contributed by atoms with van der Waals surface area (Å²) in [5.74, 6) is 0. The van der Waals surface area contributed by atoms with Crippen molar-refractivity contribution in [3.8, 4) is 0 Å². The van der Waals surface area contributed by atoms with Crippen LogP contribution in [0.15, 0.2) is 0 Å². The maximum absolute atomic E-state index is 8.74. The van der Waals surface area contributed by atoms with Gasteiger partial charge in [-0.15, -0.1) is 0 Å². The molecule has 4 nitrogen and oxygen atoms in total. The van der Waals surface area contributed by atoms with Crippen LogP contribution in [0.5, 0.6) is 0 Å². The Morgan fingerprint density at radius 3 is 1.00 bits per heavy atom. The fourth-order valence-corrected chi connectivity index (χ4v) is 0. The van der Waals surface area contributed by atoms with Crippen LogP contribution in [0, 0.1) is 0 Å². The van der Waals surface area contributed by atoms with Crippen LogP contribution in [0.2, 0.25) is 0 Å². The number of hydrogen-bond acceptors (Lipinski definition) is 2. The summed E-state index contributed by atoms with van der Waals surface area (Å²) in [5, 5.41) is 0. The minimum atomic E-state index is -4.67. The van der Waals surface area contributed by atoms with E-state index >= 15 is 0 Å². The second-order valence-electron chi connectivity index (χ2n) is 0.448. The zero-order chi connectivity index (χ0) is 4.50. The van der Waals surface area contributed by atoms with Crippen molar-refractivity contribution < 1.29 is 51.7 Å². The van der Waals surface area contributed by atoms with E-state index in [1.54, 1.807) is 0 Å². The van der Waals surface area contributed by atoms with Gasteiger partial charge in [0.1, 0.15) is 0 Å². The molecule has 0 atom stereocenters. The van der Waals surface area contributed by atoms with Gasteiger partial charge in [-0.1, -0.05) is 0 Å². The molecule has 0 unspecified atom stereocenters. The predicted octanol–water partition coefficient (Wildman–Crippen LogP) is -0.658. The summed E-state index contributed by atoms with van der Waals surface area (Å²) in [6.07, 6.45) is 0. The van der Waals surface area contributed by atoms with E-state index in [9.17, 15) is 0 Å². The maximum Gasteiger partial charge on any atom is 0.394 e. The zero-order valence-electron chi connectivity index (χ0n) is 2.88. The second-order valence-corrected chi connectivity index (χ2v) is 1.34. The normalized spacial score (nSPS) is 8.29. The van der Waals surface area contributed by atoms with Crippen LogP contribution < -0.4 is 0 Å². The van der Waals surface area contributed by atoms with Crippen LogP contribution >= 0.6 is 0 Å². The molecule has 0 heterocycles. The molecule has 0 aliphatic heterocycles.